The maximum absolute atomic E-state index is 14.0. The number of benzene rings is 1. The fraction of sp³-hybridized carbons (Fsp3) is 0.733. The van der Waals surface area contributed by atoms with Gasteiger partial charge in [-0.05, 0) is 45.7 Å². The van der Waals surface area contributed by atoms with Gasteiger partial charge in [-0.25, -0.2) is 9.36 Å². The molecule has 0 bridgehead atoms. The highest BCUT2D eigenvalue weighted by atomic mass is 31.2. The van der Waals surface area contributed by atoms with Crippen LogP contribution in [0.5, 0.6) is 0 Å². The number of primary amides is 1. The zero-order valence-corrected chi connectivity index (χ0v) is 40.4. The number of phosphoric ester groups is 1. The van der Waals surface area contributed by atoms with Crippen molar-refractivity contribution in [2.75, 3.05) is 26.4 Å². The Hall–Kier alpha value is -4.05. The molecule has 2 unspecified atom stereocenters. The van der Waals surface area contributed by atoms with E-state index in [0.717, 1.165) is 24.2 Å². The maximum Gasteiger partial charge on any atom is 0.472 e. The van der Waals surface area contributed by atoms with Crippen molar-refractivity contribution in [2.24, 2.45) is 11.5 Å². The third-order valence-electron chi connectivity index (χ3n) is 11.5. The molecule has 0 radical (unpaired) electrons. The lowest BCUT2D eigenvalue weighted by Gasteiger charge is -2.48. The van der Waals surface area contributed by atoms with Gasteiger partial charge in [0.05, 0.1) is 25.9 Å². The predicted octanol–water partition coefficient (Wildman–Crippen LogP) is 2.77. The van der Waals surface area contributed by atoms with Crippen LogP contribution >= 0.6 is 7.82 Å². The largest absolute Gasteiger partial charge is 0.479 e. The SMILES string of the molecule is CCCCCCCCCCCCCCCCOP(=O)(O)OCCNC(=O)[C@H](C)NC(=O)CC[C@@H](NC(=O)[C@H](C)N(C(=O)c1ccccc1)C1O[C@H](CO)[C@@H](O)[C@H](O[C@H](C)C(=O)O)[C@H]1N)C(N)=O. The van der Waals surface area contributed by atoms with Crippen LogP contribution in [0.3, 0.4) is 0 Å². The number of nitrogens with two attached hydrogens (primary N) is 2. The number of hydrogen-bond donors (Lipinski definition) is 9. The molecule has 1 aliphatic rings. The summed E-state index contributed by atoms with van der Waals surface area (Å²) in [5.74, 6) is -5.50. The number of carboxylic acids is 1. The molecule has 2 rings (SSSR count). The van der Waals surface area contributed by atoms with Gasteiger partial charge in [0.25, 0.3) is 5.91 Å². The number of carbonyl (C=O) groups excluding carboxylic acids is 5. The smallest absolute Gasteiger partial charge is 0.472 e. The standard InChI is InChI=1S/C45H77N6O15P/c1-5-6-7-8-9-10-11-12-13-14-15-16-17-21-27-63-67(61,62)64-28-26-48-41(56)30(2)49-36(53)25-24-34(40(47)55)50-42(57)31(3)51(43(58)33-22-19-18-20-23-33)44-37(46)39(65-32(4)45(59)60)38(54)35(29-52)66-44/h18-20,22-23,30-32,34-35,37-39,44,52,54H,5-17,21,24-29,46H2,1-4H3,(H2,47,55)(H,48,56)(H,49,53)(H,50,57)(H,59,60)(H,61,62)/t30-,31-,32+,34+,35+,37+,38+,39+,44?/m0/s1. The van der Waals surface area contributed by atoms with E-state index < -0.39 is 111 Å². The van der Waals surface area contributed by atoms with Crippen molar-refractivity contribution in [3.8, 4) is 0 Å². The molecule has 1 heterocycles. The molecule has 1 saturated heterocycles. The number of nitrogens with zero attached hydrogens (tertiary/aromatic N) is 1. The van der Waals surface area contributed by atoms with Gasteiger partial charge in [0.1, 0.15) is 36.4 Å². The molecule has 67 heavy (non-hydrogen) atoms. The highest BCUT2D eigenvalue weighted by Gasteiger charge is 2.50. The third kappa shape index (κ3) is 21.8. The number of aliphatic hydroxyl groups is 2. The van der Waals surface area contributed by atoms with Crippen LogP contribution < -0.4 is 27.4 Å². The second-order valence-corrected chi connectivity index (χ2v) is 18.4. The van der Waals surface area contributed by atoms with Gasteiger partial charge in [0.2, 0.25) is 23.6 Å². The quantitative estimate of drug-likeness (QED) is 0.0349. The Bertz CT molecular complexity index is 1710. The number of amides is 5. The minimum absolute atomic E-state index is 0.0574. The van der Waals surface area contributed by atoms with E-state index in [1.54, 1.807) is 18.2 Å². The summed E-state index contributed by atoms with van der Waals surface area (Å²) in [6.45, 7) is 4.83. The molecule has 1 aromatic rings. The molecule has 10 atom stereocenters. The van der Waals surface area contributed by atoms with Gasteiger partial charge >= 0.3 is 13.8 Å². The molecule has 0 aliphatic carbocycles. The summed E-state index contributed by atoms with van der Waals surface area (Å²) in [5.41, 5.74) is 12.1. The number of hydrogen-bond acceptors (Lipinski definition) is 14. The number of ether oxygens (including phenoxy) is 2. The summed E-state index contributed by atoms with van der Waals surface area (Å²) in [6.07, 6.45) is 8.11. The lowest BCUT2D eigenvalue weighted by atomic mass is 9.94. The molecule has 1 fully saturated rings. The first-order valence-corrected chi connectivity index (χ1v) is 25.1. The molecule has 0 saturated carbocycles. The van der Waals surface area contributed by atoms with Crippen LogP contribution in [0.4, 0.5) is 0 Å². The summed E-state index contributed by atoms with van der Waals surface area (Å²) in [7, 11) is -4.34. The van der Waals surface area contributed by atoms with Gasteiger partial charge in [-0.2, -0.15) is 0 Å². The number of carbonyl (C=O) groups is 6. The highest BCUT2D eigenvalue weighted by Crippen LogP contribution is 2.43. The van der Waals surface area contributed by atoms with Crippen LogP contribution in [-0.2, 0) is 47.1 Å². The fourth-order valence-corrected chi connectivity index (χ4v) is 8.18. The van der Waals surface area contributed by atoms with Crippen LogP contribution in [0.25, 0.3) is 0 Å². The normalized spacial score (nSPS) is 20.9. The molecule has 382 valence electrons. The minimum Gasteiger partial charge on any atom is -0.479 e. The number of aliphatic hydroxyl groups excluding tert-OH is 2. The van der Waals surface area contributed by atoms with Crippen molar-refractivity contribution in [3.63, 3.8) is 0 Å². The Balaban J connectivity index is 1.84. The topological polar surface area (TPSA) is 329 Å². The summed E-state index contributed by atoms with van der Waals surface area (Å²) < 4.78 is 33.6. The first kappa shape index (κ1) is 59.1. The van der Waals surface area contributed by atoms with E-state index in [2.05, 4.69) is 22.9 Å². The van der Waals surface area contributed by atoms with Crippen molar-refractivity contribution in [3.05, 3.63) is 35.9 Å². The number of carboxylic acid groups (broad SMARTS) is 1. The van der Waals surface area contributed by atoms with E-state index in [-0.39, 0.29) is 31.7 Å². The molecule has 0 spiro atoms. The Morgan fingerprint density at radius 3 is 1.93 bits per heavy atom. The van der Waals surface area contributed by atoms with Crippen LogP contribution in [0, 0.1) is 0 Å². The Morgan fingerprint density at radius 1 is 0.836 bits per heavy atom. The highest BCUT2D eigenvalue weighted by molar-refractivity contribution is 7.47. The van der Waals surface area contributed by atoms with Gasteiger partial charge in [-0.3, -0.25) is 37.9 Å². The lowest BCUT2D eigenvalue weighted by molar-refractivity contribution is -0.240. The van der Waals surface area contributed by atoms with Crippen molar-refractivity contribution in [2.45, 2.75) is 185 Å². The summed E-state index contributed by atoms with van der Waals surface area (Å²) in [5, 5.41) is 37.7. The Labute approximate surface area is 394 Å². The third-order valence-corrected chi connectivity index (χ3v) is 12.5. The van der Waals surface area contributed by atoms with E-state index in [1.165, 1.54) is 97.1 Å². The van der Waals surface area contributed by atoms with Crippen molar-refractivity contribution in [1.29, 1.82) is 0 Å². The van der Waals surface area contributed by atoms with Crippen LogP contribution in [0.15, 0.2) is 30.3 Å². The van der Waals surface area contributed by atoms with E-state index in [9.17, 15) is 53.5 Å². The van der Waals surface area contributed by atoms with Crippen molar-refractivity contribution >= 4 is 43.3 Å². The lowest BCUT2D eigenvalue weighted by Crippen LogP contribution is -2.70. The summed E-state index contributed by atoms with van der Waals surface area (Å²) in [4.78, 5) is 88.3. The van der Waals surface area contributed by atoms with Gasteiger partial charge in [0.15, 0.2) is 12.3 Å². The number of phosphoric acid groups is 1. The number of nitrogens with one attached hydrogen (secondary N) is 3. The molecule has 22 heteroatoms. The average Bonchev–Trinajstić information content (AvgIpc) is 3.29. The zero-order valence-electron chi connectivity index (χ0n) is 39.6. The number of aliphatic carboxylic acids is 1. The minimum atomic E-state index is -4.34. The van der Waals surface area contributed by atoms with Crippen LogP contribution in [0.2, 0.25) is 0 Å². The molecule has 21 nitrogen and oxygen atoms in total. The molecule has 1 aliphatic heterocycles. The maximum atomic E-state index is 14.0. The van der Waals surface area contributed by atoms with Gasteiger partial charge < -0.3 is 57.1 Å². The van der Waals surface area contributed by atoms with Crippen molar-refractivity contribution in [1.82, 2.24) is 20.9 Å². The zero-order chi connectivity index (χ0) is 49.9. The van der Waals surface area contributed by atoms with E-state index in [1.807, 2.05) is 0 Å². The summed E-state index contributed by atoms with van der Waals surface area (Å²) >= 11 is 0. The monoisotopic (exact) mass is 973 g/mol. The Morgan fingerprint density at radius 2 is 1.39 bits per heavy atom. The summed E-state index contributed by atoms with van der Waals surface area (Å²) in [6, 6.07) is 2.12. The second kappa shape index (κ2) is 31.9. The number of rotatable bonds is 35. The molecular formula is C45H77N6O15P. The van der Waals surface area contributed by atoms with Gasteiger partial charge in [-0.15, -0.1) is 0 Å². The average molecular weight is 973 g/mol. The van der Waals surface area contributed by atoms with Gasteiger partial charge in [0, 0.05) is 18.5 Å². The van der Waals surface area contributed by atoms with E-state index in [4.69, 9.17) is 30.0 Å². The predicted molar refractivity (Wildman–Crippen MR) is 247 cm³/mol. The first-order chi connectivity index (χ1) is 31.8. The van der Waals surface area contributed by atoms with Crippen LogP contribution in [0.1, 0.15) is 141 Å². The van der Waals surface area contributed by atoms with E-state index >= 15 is 0 Å². The molecule has 1 aromatic carbocycles. The van der Waals surface area contributed by atoms with E-state index in [0.29, 0.717) is 6.42 Å². The Kier molecular flexibility index (Phi) is 28.1. The van der Waals surface area contributed by atoms with Crippen molar-refractivity contribution < 1.29 is 72.1 Å². The molecule has 0 aromatic heterocycles. The first-order valence-electron chi connectivity index (χ1n) is 23.6. The molecule has 11 N–H and O–H groups in total. The van der Waals surface area contributed by atoms with Crippen LogP contribution in [-0.4, -0.2) is 142 Å². The fourth-order valence-electron chi connectivity index (χ4n) is 7.42. The molecular weight excluding hydrogens is 895 g/mol. The second-order valence-electron chi connectivity index (χ2n) is 17.0. The molecule has 5 amide bonds. The number of unbranched alkanes of at least 4 members (excludes halogenated alkanes) is 13. The van der Waals surface area contributed by atoms with Gasteiger partial charge in [-0.1, -0.05) is 109 Å².